The standard InChI is InChI=1S/C25H45N3O4S/c1-7-16-28(17-8-2)33(31,32)25(26-15-14-19(4)5)24(30)22(27-23(29)9-3)18-21-12-10-20(6)11-13-21/h10-13,19,22,24-26,30H,7-9,14-18H2,1-6H3,(H,27,29)/t22-,24+,25?/m0/s1. The maximum atomic E-state index is 13.7. The molecular formula is C25H45N3O4S. The van der Waals surface area contributed by atoms with Crippen LogP contribution in [-0.2, 0) is 21.2 Å². The van der Waals surface area contributed by atoms with Gasteiger partial charge >= 0.3 is 0 Å². The molecule has 0 spiro atoms. The summed E-state index contributed by atoms with van der Waals surface area (Å²) in [6, 6.07) is 7.10. The van der Waals surface area contributed by atoms with Crippen LogP contribution < -0.4 is 10.6 Å². The van der Waals surface area contributed by atoms with E-state index >= 15 is 0 Å². The van der Waals surface area contributed by atoms with Crippen molar-refractivity contribution in [2.75, 3.05) is 19.6 Å². The second kappa shape index (κ2) is 14.7. The summed E-state index contributed by atoms with van der Waals surface area (Å²) in [7, 11) is -3.85. The Morgan fingerprint density at radius 2 is 1.64 bits per heavy atom. The second-order valence-corrected chi connectivity index (χ2v) is 11.3. The zero-order valence-corrected chi connectivity index (χ0v) is 22.1. The number of aliphatic hydroxyl groups excluding tert-OH is 1. The third-order valence-electron chi connectivity index (χ3n) is 5.66. The van der Waals surface area contributed by atoms with Crippen molar-refractivity contribution in [1.29, 1.82) is 0 Å². The molecule has 7 nitrogen and oxygen atoms in total. The minimum Gasteiger partial charge on any atom is -0.388 e. The minimum absolute atomic E-state index is 0.219. The highest BCUT2D eigenvalue weighted by molar-refractivity contribution is 7.89. The van der Waals surface area contributed by atoms with E-state index in [0.717, 1.165) is 17.5 Å². The summed E-state index contributed by atoms with van der Waals surface area (Å²) >= 11 is 0. The van der Waals surface area contributed by atoms with Crippen LogP contribution in [0.25, 0.3) is 0 Å². The van der Waals surface area contributed by atoms with E-state index in [1.165, 1.54) is 4.31 Å². The molecule has 0 fully saturated rings. The van der Waals surface area contributed by atoms with Crippen LogP contribution in [0.1, 0.15) is 71.4 Å². The quantitative estimate of drug-likeness (QED) is 0.335. The normalized spacial score (nSPS) is 14.9. The Labute approximate surface area is 201 Å². The first-order chi connectivity index (χ1) is 15.6. The number of aliphatic hydroxyl groups is 1. The van der Waals surface area contributed by atoms with Gasteiger partial charge in [0.15, 0.2) is 5.37 Å². The minimum atomic E-state index is -3.85. The molecule has 0 aliphatic carbocycles. The second-order valence-electron chi connectivity index (χ2n) is 9.21. The van der Waals surface area contributed by atoms with Crippen LogP contribution in [0.15, 0.2) is 24.3 Å². The number of nitrogens with zero attached hydrogens (tertiary/aromatic N) is 1. The van der Waals surface area contributed by atoms with Gasteiger partial charge in [-0.15, -0.1) is 0 Å². The molecule has 1 aromatic rings. The summed E-state index contributed by atoms with van der Waals surface area (Å²) in [5, 5.41) is 16.2. The average Bonchev–Trinajstić information content (AvgIpc) is 2.76. The van der Waals surface area contributed by atoms with E-state index in [1.54, 1.807) is 6.92 Å². The van der Waals surface area contributed by atoms with Crippen LogP contribution >= 0.6 is 0 Å². The van der Waals surface area contributed by atoms with E-state index in [1.807, 2.05) is 45.0 Å². The number of amides is 1. The fraction of sp³-hybridized carbons (Fsp3) is 0.720. The summed E-state index contributed by atoms with van der Waals surface area (Å²) in [5.41, 5.74) is 2.04. The van der Waals surface area contributed by atoms with Crippen LogP contribution in [0, 0.1) is 12.8 Å². The van der Waals surface area contributed by atoms with Gasteiger partial charge in [-0.1, -0.05) is 64.4 Å². The van der Waals surface area contributed by atoms with Crippen molar-refractivity contribution >= 4 is 15.9 Å². The first-order valence-corrected chi connectivity index (χ1v) is 13.8. The van der Waals surface area contributed by atoms with E-state index in [4.69, 9.17) is 0 Å². The SMILES string of the molecule is CCCN(CCC)S(=O)(=O)C(NCCC(C)C)[C@H](O)[C@H](Cc1ccc(C)cc1)NC(=O)CC. The van der Waals surface area contributed by atoms with Gasteiger partial charge in [0.1, 0.15) is 6.10 Å². The third-order valence-corrected chi connectivity index (χ3v) is 7.83. The number of carbonyl (C=O) groups is 1. The molecule has 3 N–H and O–H groups in total. The van der Waals surface area contributed by atoms with Crippen molar-refractivity contribution in [1.82, 2.24) is 14.9 Å². The summed E-state index contributed by atoms with van der Waals surface area (Å²) in [5.74, 6) is 0.173. The number of hydrogen-bond acceptors (Lipinski definition) is 5. The molecule has 1 rings (SSSR count). The first-order valence-electron chi connectivity index (χ1n) is 12.3. The number of hydrogen-bond donors (Lipinski definition) is 3. The maximum Gasteiger partial charge on any atom is 0.232 e. The molecular weight excluding hydrogens is 438 g/mol. The van der Waals surface area contributed by atoms with Gasteiger partial charge in [-0.3, -0.25) is 10.1 Å². The summed E-state index contributed by atoms with van der Waals surface area (Å²) in [6.07, 6.45) is 1.44. The molecule has 1 unspecified atom stereocenters. The van der Waals surface area contributed by atoms with Gasteiger partial charge < -0.3 is 10.4 Å². The van der Waals surface area contributed by atoms with Gasteiger partial charge in [0.05, 0.1) is 6.04 Å². The maximum absolute atomic E-state index is 13.7. The molecule has 0 radical (unpaired) electrons. The molecule has 0 bridgehead atoms. The largest absolute Gasteiger partial charge is 0.388 e. The zero-order valence-electron chi connectivity index (χ0n) is 21.3. The number of sulfonamides is 1. The smallest absolute Gasteiger partial charge is 0.232 e. The van der Waals surface area contributed by atoms with Crippen LogP contribution in [-0.4, -0.2) is 60.9 Å². The number of rotatable bonds is 16. The lowest BCUT2D eigenvalue weighted by Crippen LogP contribution is -2.59. The summed E-state index contributed by atoms with van der Waals surface area (Å²) < 4.78 is 28.8. The molecule has 0 saturated heterocycles. The van der Waals surface area contributed by atoms with Crippen molar-refractivity contribution in [3.63, 3.8) is 0 Å². The van der Waals surface area contributed by atoms with Gasteiger partial charge in [0.25, 0.3) is 0 Å². The number of carbonyl (C=O) groups excluding carboxylic acids is 1. The lowest BCUT2D eigenvalue weighted by Gasteiger charge is -2.34. The lowest BCUT2D eigenvalue weighted by atomic mass is 9.99. The highest BCUT2D eigenvalue weighted by Crippen LogP contribution is 2.18. The molecule has 1 aromatic carbocycles. The lowest BCUT2D eigenvalue weighted by molar-refractivity contribution is -0.122. The number of benzene rings is 1. The Balaban J connectivity index is 3.31. The molecule has 8 heteroatoms. The van der Waals surface area contributed by atoms with E-state index in [-0.39, 0.29) is 12.3 Å². The summed E-state index contributed by atoms with van der Waals surface area (Å²) in [4.78, 5) is 12.3. The van der Waals surface area contributed by atoms with E-state index < -0.39 is 27.5 Å². The van der Waals surface area contributed by atoms with Gasteiger partial charge in [-0.25, -0.2) is 12.7 Å². The van der Waals surface area contributed by atoms with Crippen LogP contribution in [0.2, 0.25) is 0 Å². The van der Waals surface area contributed by atoms with E-state index in [9.17, 15) is 18.3 Å². The van der Waals surface area contributed by atoms with Gasteiger partial charge in [0, 0.05) is 19.5 Å². The van der Waals surface area contributed by atoms with Gasteiger partial charge in [-0.05, 0) is 50.6 Å². The fourth-order valence-corrected chi connectivity index (χ4v) is 5.76. The molecule has 0 aliphatic rings. The van der Waals surface area contributed by atoms with Crippen molar-refractivity contribution in [3.8, 4) is 0 Å². The molecule has 3 atom stereocenters. The average molecular weight is 484 g/mol. The predicted octanol–water partition coefficient (Wildman–Crippen LogP) is 3.21. The van der Waals surface area contributed by atoms with Crippen LogP contribution in [0.5, 0.6) is 0 Å². The third kappa shape index (κ3) is 9.73. The predicted molar refractivity (Wildman–Crippen MR) is 135 cm³/mol. The first kappa shape index (κ1) is 29.6. The van der Waals surface area contributed by atoms with Crippen molar-refractivity contribution in [3.05, 3.63) is 35.4 Å². The molecule has 0 saturated carbocycles. The van der Waals surface area contributed by atoms with Gasteiger partial charge in [0.2, 0.25) is 15.9 Å². The number of nitrogens with one attached hydrogen (secondary N) is 2. The highest BCUT2D eigenvalue weighted by atomic mass is 32.2. The molecule has 0 aliphatic heterocycles. The topological polar surface area (TPSA) is 98.7 Å². The molecule has 0 aromatic heterocycles. The fourth-order valence-electron chi connectivity index (χ4n) is 3.70. The number of aryl methyl sites for hydroxylation is 1. The van der Waals surface area contributed by atoms with Crippen molar-refractivity contribution in [2.24, 2.45) is 5.92 Å². The Hall–Kier alpha value is -1.48. The zero-order chi connectivity index (χ0) is 25.0. The summed E-state index contributed by atoms with van der Waals surface area (Å²) in [6.45, 7) is 13.0. The van der Waals surface area contributed by atoms with Crippen LogP contribution in [0.4, 0.5) is 0 Å². The molecule has 33 heavy (non-hydrogen) atoms. The Bertz CT molecular complexity index is 790. The molecule has 0 heterocycles. The monoisotopic (exact) mass is 483 g/mol. The Morgan fingerprint density at radius 1 is 1.06 bits per heavy atom. The van der Waals surface area contributed by atoms with Gasteiger partial charge in [-0.2, -0.15) is 0 Å². The Morgan fingerprint density at radius 3 is 2.12 bits per heavy atom. The van der Waals surface area contributed by atoms with E-state index in [2.05, 4.69) is 24.5 Å². The Kier molecular flexibility index (Phi) is 13.2. The van der Waals surface area contributed by atoms with Crippen LogP contribution in [0.3, 0.4) is 0 Å². The van der Waals surface area contributed by atoms with Crippen molar-refractivity contribution < 1.29 is 18.3 Å². The van der Waals surface area contributed by atoms with Crippen molar-refractivity contribution in [2.45, 2.75) is 91.2 Å². The molecule has 190 valence electrons. The highest BCUT2D eigenvalue weighted by Gasteiger charge is 2.40. The van der Waals surface area contributed by atoms with E-state index in [0.29, 0.717) is 44.8 Å². The molecule has 1 amide bonds.